The van der Waals surface area contributed by atoms with Crippen LogP contribution in [0.3, 0.4) is 0 Å². The van der Waals surface area contributed by atoms with Crippen LogP contribution < -0.4 is 5.32 Å². The highest BCUT2D eigenvalue weighted by Crippen LogP contribution is 2.14. The highest BCUT2D eigenvalue weighted by molar-refractivity contribution is 5.46. The van der Waals surface area contributed by atoms with E-state index in [-0.39, 0.29) is 0 Å². The van der Waals surface area contributed by atoms with Gasteiger partial charge >= 0.3 is 0 Å². The van der Waals surface area contributed by atoms with Crippen molar-refractivity contribution in [3.8, 4) is 6.07 Å². The molecule has 0 aliphatic rings. The first-order chi connectivity index (χ1) is 8.69. The van der Waals surface area contributed by atoms with Gasteiger partial charge in [-0.3, -0.25) is 0 Å². The molecule has 0 spiro atoms. The van der Waals surface area contributed by atoms with E-state index in [0.29, 0.717) is 5.56 Å². The van der Waals surface area contributed by atoms with Crippen LogP contribution >= 0.6 is 0 Å². The summed E-state index contributed by atoms with van der Waals surface area (Å²) >= 11 is 0. The first-order valence-electron chi connectivity index (χ1n) is 5.99. The average molecular weight is 236 g/mol. The Bertz CT molecular complexity index is 577. The molecular weight excluding hydrogens is 220 g/mol. The van der Waals surface area contributed by atoms with Gasteiger partial charge in [0.1, 0.15) is 0 Å². The van der Waals surface area contributed by atoms with Crippen LogP contribution in [0.5, 0.6) is 0 Å². The normalized spacial score (nSPS) is 9.83. The van der Waals surface area contributed by atoms with Crippen molar-refractivity contribution < 1.29 is 0 Å². The molecule has 0 saturated heterocycles. The molecule has 90 valence electrons. The molecule has 0 bridgehead atoms. The molecule has 0 aromatic heterocycles. The van der Waals surface area contributed by atoms with E-state index in [0.717, 1.165) is 17.8 Å². The summed E-state index contributed by atoms with van der Waals surface area (Å²) in [6.07, 6.45) is 0. The smallest absolute Gasteiger partial charge is 0.0991 e. The molecule has 0 radical (unpaired) electrons. The molecule has 0 fully saturated rings. The minimum Gasteiger partial charge on any atom is -0.381 e. The van der Waals surface area contributed by atoms with Crippen LogP contribution in [-0.2, 0) is 6.54 Å². The van der Waals surface area contributed by atoms with Gasteiger partial charge in [0.15, 0.2) is 0 Å². The first-order valence-corrected chi connectivity index (χ1v) is 5.99. The van der Waals surface area contributed by atoms with Gasteiger partial charge in [-0.1, -0.05) is 23.8 Å². The van der Waals surface area contributed by atoms with Crippen LogP contribution in [0.15, 0.2) is 42.5 Å². The van der Waals surface area contributed by atoms with Crippen LogP contribution in [0, 0.1) is 25.2 Å². The Morgan fingerprint density at radius 1 is 1.06 bits per heavy atom. The molecule has 0 aliphatic carbocycles. The third-order valence-corrected chi connectivity index (χ3v) is 3.01. The second kappa shape index (κ2) is 5.37. The fourth-order valence-electron chi connectivity index (χ4n) is 1.83. The number of aryl methyl sites for hydroxylation is 2. The lowest BCUT2D eigenvalue weighted by Gasteiger charge is -2.09. The number of nitriles is 1. The summed E-state index contributed by atoms with van der Waals surface area (Å²) in [7, 11) is 0. The summed E-state index contributed by atoms with van der Waals surface area (Å²) in [4.78, 5) is 0. The van der Waals surface area contributed by atoms with Gasteiger partial charge < -0.3 is 5.32 Å². The molecule has 0 heterocycles. The van der Waals surface area contributed by atoms with Gasteiger partial charge in [0.2, 0.25) is 0 Å². The lowest BCUT2D eigenvalue weighted by Crippen LogP contribution is -2.01. The van der Waals surface area contributed by atoms with Crippen LogP contribution in [0.4, 0.5) is 5.69 Å². The number of hydrogen-bond donors (Lipinski definition) is 1. The number of nitrogens with zero attached hydrogens (tertiary/aromatic N) is 1. The van der Waals surface area contributed by atoms with E-state index in [1.54, 1.807) is 0 Å². The fraction of sp³-hybridized carbons (Fsp3) is 0.188. The van der Waals surface area contributed by atoms with Crippen molar-refractivity contribution in [1.82, 2.24) is 0 Å². The largest absolute Gasteiger partial charge is 0.381 e. The van der Waals surface area contributed by atoms with E-state index in [9.17, 15) is 0 Å². The predicted octanol–water partition coefficient (Wildman–Crippen LogP) is 3.79. The zero-order chi connectivity index (χ0) is 13.0. The molecule has 1 N–H and O–H groups in total. The molecule has 2 heteroatoms. The maximum atomic E-state index is 8.82. The van der Waals surface area contributed by atoms with Crippen molar-refractivity contribution >= 4 is 5.69 Å². The topological polar surface area (TPSA) is 35.8 Å². The van der Waals surface area contributed by atoms with Gasteiger partial charge in [-0.25, -0.2) is 0 Å². The van der Waals surface area contributed by atoms with Crippen molar-refractivity contribution in [3.05, 3.63) is 64.7 Å². The van der Waals surface area contributed by atoms with Crippen LogP contribution in [0.2, 0.25) is 0 Å². The number of rotatable bonds is 3. The summed E-state index contributed by atoms with van der Waals surface area (Å²) in [6.45, 7) is 4.89. The summed E-state index contributed by atoms with van der Waals surface area (Å²) in [5.41, 5.74) is 5.45. The van der Waals surface area contributed by atoms with Crippen molar-refractivity contribution in [3.63, 3.8) is 0 Å². The molecule has 0 atom stereocenters. The third-order valence-electron chi connectivity index (χ3n) is 3.01. The molecule has 0 saturated carbocycles. The van der Waals surface area contributed by atoms with Crippen LogP contribution in [-0.4, -0.2) is 0 Å². The van der Waals surface area contributed by atoms with E-state index < -0.39 is 0 Å². The Balaban J connectivity index is 2.06. The molecule has 0 unspecified atom stereocenters. The summed E-state index contributed by atoms with van der Waals surface area (Å²) in [5.74, 6) is 0. The van der Waals surface area contributed by atoms with E-state index in [2.05, 4.69) is 42.6 Å². The van der Waals surface area contributed by atoms with Crippen molar-refractivity contribution in [2.75, 3.05) is 5.32 Å². The Hall–Kier alpha value is -2.27. The van der Waals surface area contributed by atoms with E-state index in [1.807, 2.05) is 25.1 Å². The van der Waals surface area contributed by atoms with E-state index in [1.165, 1.54) is 11.1 Å². The SMILES string of the molecule is Cc1ccc(NCc2ccc(C#N)cc2C)cc1. The van der Waals surface area contributed by atoms with Gasteiger partial charge in [-0.15, -0.1) is 0 Å². The Morgan fingerprint density at radius 2 is 1.78 bits per heavy atom. The number of hydrogen-bond acceptors (Lipinski definition) is 2. The van der Waals surface area contributed by atoms with Gasteiger partial charge in [0.25, 0.3) is 0 Å². The van der Waals surface area contributed by atoms with Gasteiger partial charge in [-0.05, 0) is 49.2 Å². The summed E-state index contributed by atoms with van der Waals surface area (Å²) in [6, 6.07) is 16.3. The minimum absolute atomic E-state index is 0.714. The quantitative estimate of drug-likeness (QED) is 0.880. The molecule has 0 amide bonds. The molecule has 2 aromatic carbocycles. The maximum Gasteiger partial charge on any atom is 0.0991 e. The predicted molar refractivity (Wildman–Crippen MR) is 74.4 cm³/mol. The van der Waals surface area contributed by atoms with E-state index >= 15 is 0 Å². The second-order valence-corrected chi connectivity index (χ2v) is 4.47. The summed E-state index contributed by atoms with van der Waals surface area (Å²) in [5, 5.41) is 12.2. The monoisotopic (exact) mass is 236 g/mol. The molecule has 2 nitrogen and oxygen atoms in total. The fourth-order valence-corrected chi connectivity index (χ4v) is 1.83. The molecule has 0 aliphatic heterocycles. The van der Waals surface area contributed by atoms with Crippen LogP contribution in [0.25, 0.3) is 0 Å². The van der Waals surface area contributed by atoms with Crippen LogP contribution in [0.1, 0.15) is 22.3 Å². The van der Waals surface area contributed by atoms with Gasteiger partial charge in [-0.2, -0.15) is 5.26 Å². The summed E-state index contributed by atoms with van der Waals surface area (Å²) < 4.78 is 0. The maximum absolute atomic E-state index is 8.82. The molecular formula is C16H16N2. The molecule has 2 aromatic rings. The van der Waals surface area contributed by atoms with Crippen molar-refractivity contribution in [2.24, 2.45) is 0 Å². The van der Waals surface area contributed by atoms with Gasteiger partial charge in [0.05, 0.1) is 11.6 Å². The number of anilines is 1. The lowest BCUT2D eigenvalue weighted by molar-refractivity contribution is 1.12. The highest BCUT2D eigenvalue weighted by atomic mass is 14.9. The average Bonchev–Trinajstić information content (AvgIpc) is 2.39. The Morgan fingerprint density at radius 3 is 2.39 bits per heavy atom. The minimum atomic E-state index is 0.714. The third kappa shape index (κ3) is 2.89. The number of benzene rings is 2. The zero-order valence-corrected chi connectivity index (χ0v) is 10.7. The zero-order valence-electron chi connectivity index (χ0n) is 10.7. The Kier molecular flexibility index (Phi) is 3.64. The van der Waals surface area contributed by atoms with Crippen molar-refractivity contribution in [2.45, 2.75) is 20.4 Å². The molecule has 2 rings (SSSR count). The lowest BCUT2D eigenvalue weighted by atomic mass is 10.1. The standard InChI is InChI=1S/C16H16N2/c1-12-3-7-16(8-4-12)18-11-15-6-5-14(10-17)9-13(15)2/h3-9,18H,11H2,1-2H3. The Labute approximate surface area is 108 Å². The second-order valence-electron chi connectivity index (χ2n) is 4.47. The first kappa shape index (κ1) is 12.2. The van der Waals surface area contributed by atoms with E-state index in [4.69, 9.17) is 5.26 Å². The highest BCUT2D eigenvalue weighted by Gasteiger charge is 2.00. The van der Waals surface area contributed by atoms with Gasteiger partial charge in [0, 0.05) is 12.2 Å². The number of nitrogens with one attached hydrogen (secondary N) is 1. The van der Waals surface area contributed by atoms with Crippen molar-refractivity contribution in [1.29, 1.82) is 5.26 Å². The molecule has 18 heavy (non-hydrogen) atoms.